The fraction of sp³-hybridized carbons (Fsp3) is 0.231. The Bertz CT molecular complexity index is 1350. The number of sulfone groups is 1. The monoisotopic (exact) mass is 493 g/mol. The van der Waals surface area contributed by atoms with E-state index in [0.29, 0.717) is 25.2 Å². The van der Waals surface area contributed by atoms with E-state index in [1.807, 2.05) is 24.3 Å². The smallest absolute Gasteiger partial charge is 0.324 e. The van der Waals surface area contributed by atoms with Crippen LogP contribution in [0.25, 0.3) is 0 Å². The zero-order chi connectivity index (χ0) is 25.2. The number of amides is 3. The first kappa shape index (κ1) is 24.3. The third-order valence-electron chi connectivity index (χ3n) is 5.96. The number of benzene rings is 3. The quantitative estimate of drug-likeness (QED) is 0.543. The van der Waals surface area contributed by atoms with Crippen LogP contribution in [-0.2, 0) is 29.5 Å². The van der Waals surface area contributed by atoms with Gasteiger partial charge in [0.05, 0.1) is 17.7 Å². The highest BCUT2D eigenvalue weighted by Crippen LogP contribution is 2.29. The number of ether oxygens (including phenoxy) is 1. The molecular weight excluding hydrogens is 466 g/mol. The number of fused-ring (bicyclic) bond motifs is 1. The Morgan fingerprint density at radius 2 is 1.66 bits per heavy atom. The van der Waals surface area contributed by atoms with Crippen molar-refractivity contribution in [3.63, 3.8) is 0 Å². The van der Waals surface area contributed by atoms with Gasteiger partial charge in [-0.2, -0.15) is 0 Å². The van der Waals surface area contributed by atoms with Gasteiger partial charge >= 0.3 is 6.03 Å². The molecule has 0 aromatic heterocycles. The average molecular weight is 494 g/mol. The van der Waals surface area contributed by atoms with Crippen LogP contribution >= 0.6 is 0 Å². The third-order valence-corrected chi connectivity index (χ3v) is 7.09. The first-order valence-electron chi connectivity index (χ1n) is 11.0. The molecule has 35 heavy (non-hydrogen) atoms. The summed E-state index contributed by atoms with van der Waals surface area (Å²) in [6.07, 6.45) is 1.16. The van der Waals surface area contributed by atoms with Crippen molar-refractivity contribution in [1.29, 1.82) is 0 Å². The zero-order valence-electron chi connectivity index (χ0n) is 19.8. The molecule has 182 valence electrons. The molecule has 9 heteroatoms. The van der Waals surface area contributed by atoms with Crippen LogP contribution < -0.4 is 15.0 Å². The SMILES string of the molecule is COc1ccc(CNC(=O)c2ccc3c(c2)CN(Cc2ccc(S(C)(=O)=O)cc2)C(=O)N3C)cc1. The third kappa shape index (κ3) is 5.46. The molecule has 0 spiro atoms. The van der Waals surface area contributed by atoms with E-state index in [9.17, 15) is 18.0 Å². The Morgan fingerprint density at radius 3 is 2.29 bits per heavy atom. The molecule has 1 N–H and O–H groups in total. The van der Waals surface area contributed by atoms with Gasteiger partial charge in [0.1, 0.15) is 5.75 Å². The molecule has 0 atom stereocenters. The largest absolute Gasteiger partial charge is 0.497 e. The summed E-state index contributed by atoms with van der Waals surface area (Å²) >= 11 is 0. The van der Waals surface area contributed by atoms with Gasteiger partial charge in [-0.1, -0.05) is 24.3 Å². The topological polar surface area (TPSA) is 96.0 Å². The Balaban J connectivity index is 1.47. The maximum atomic E-state index is 12.9. The summed E-state index contributed by atoms with van der Waals surface area (Å²) in [5.41, 5.74) is 3.89. The molecule has 0 saturated heterocycles. The number of hydrogen-bond acceptors (Lipinski definition) is 5. The van der Waals surface area contributed by atoms with Crippen molar-refractivity contribution >= 4 is 27.5 Å². The molecule has 0 radical (unpaired) electrons. The van der Waals surface area contributed by atoms with E-state index in [0.717, 1.165) is 34.4 Å². The van der Waals surface area contributed by atoms with Gasteiger partial charge in [0.15, 0.2) is 9.84 Å². The van der Waals surface area contributed by atoms with Crippen molar-refractivity contribution in [2.45, 2.75) is 24.5 Å². The van der Waals surface area contributed by atoms with Crippen molar-refractivity contribution in [1.82, 2.24) is 10.2 Å². The molecule has 0 saturated carbocycles. The number of anilines is 1. The van der Waals surface area contributed by atoms with Gasteiger partial charge in [0.25, 0.3) is 5.91 Å². The zero-order valence-corrected chi connectivity index (χ0v) is 20.6. The molecule has 3 aromatic rings. The lowest BCUT2D eigenvalue weighted by Crippen LogP contribution is -2.44. The van der Waals surface area contributed by atoms with Gasteiger partial charge < -0.3 is 15.0 Å². The van der Waals surface area contributed by atoms with Gasteiger partial charge in [-0.25, -0.2) is 13.2 Å². The average Bonchev–Trinajstić information content (AvgIpc) is 2.85. The minimum Gasteiger partial charge on any atom is -0.497 e. The van der Waals surface area contributed by atoms with E-state index in [1.54, 1.807) is 66.4 Å². The molecule has 8 nitrogen and oxygen atoms in total. The van der Waals surface area contributed by atoms with Crippen molar-refractivity contribution in [3.05, 3.63) is 89.0 Å². The van der Waals surface area contributed by atoms with E-state index >= 15 is 0 Å². The fourth-order valence-corrected chi connectivity index (χ4v) is 4.61. The Hall–Kier alpha value is -3.85. The maximum absolute atomic E-state index is 12.9. The van der Waals surface area contributed by atoms with Crippen LogP contribution in [0.4, 0.5) is 10.5 Å². The minimum atomic E-state index is -3.28. The summed E-state index contributed by atoms with van der Waals surface area (Å²) in [6, 6.07) is 19.1. The molecule has 0 fully saturated rings. The molecule has 3 aromatic carbocycles. The van der Waals surface area contributed by atoms with Crippen LogP contribution in [-0.4, -0.2) is 45.7 Å². The number of hydrogen-bond donors (Lipinski definition) is 1. The molecule has 1 heterocycles. The molecule has 0 unspecified atom stereocenters. The summed E-state index contributed by atoms with van der Waals surface area (Å²) in [4.78, 5) is 29.1. The fourth-order valence-electron chi connectivity index (χ4n) is 3.98. The van der Waals surface area contributed by atoms with Crippen molar-refractivity contribution in [3.8, 4) is 5.75 Å². The van der Waals surface area contributed by atoms with Crippen LogP contribution in [0.2, 0.25) is 0 Å². The summed E-state index contributed by atoms with van der Waals surface area (Å²) in [5, 5.41) is 2.92. The van der Waals surface area contributed by atoms with Crippen LogP contribution in [0.5, 0.6) is 5.75 Å². The number of methoxy groups -OCH3 is 1. The summed E-state index contributed by atoms with van der Waals surface area (Å²) < 4.78 is 28.5. The highest BCUT2D eigenvalue weighted by molar-refractivity contribution is 7.90. The van der Waals surface area contributed by atoms with Crippen molar-refractivity contribution < 1.29 is 22.7 Å². The standard InChI is InChI=1S/C26H27N3O5S/c1-28-24-13-8-20(25(30)27-15-18-4-9-22(34-2)10-5-18)14-21(24)17-29(26(28)31)16-19-6-11-23(12-7-19)35(3,32)33/h4-14H,15-17H2,1-3H3,(H,27,30). The second kappa shape index (κ2) is 9.79. The number of nitrogens with one attached hydrogen (secondary N) is 1. The van der Waals surface area contributed by atoms with Gasteiger partial charge in [0.2, 0.25) is 0 Å². The van der Waals surface area contributed by atoms with E-state index in [-0.39, 0.29) is 16.8 Å². The summed E-state index contributed by atoms with van der Waals surface area (Å²) in [6.45, 7) is 1.04. The normalized spacial score (nSPS) is 13.4. The number of carbonyl (C=O) groups excluding carboxylic acids is 2. The molecule has 1 aliphatic rings. The van der Waals surface area contributed by atoms with E-state index in [4.69, 9.17) is 4.74 Å². The van der Waals surface area contributed by atoms with Gasteiger partial charge in [0, 0.05) is 38.5 Å². The summed E-state index contributed by atoms with van der Waals surface area (Å²) in [5.74, 6) is 0.551. The molecule has 0 bridgehead atoms. The van der Waals surface area contributed by atoms with Crippen LogP contribution in [0.3, 0.4) is 0 Å². The maximum Gasteiger partial charge on any atom is 0.324 e. The lowest BCUT2D eigenvalue weighted by molar-refractivity contribution is 0.0950. The highest BCUT2D eigenvalue weighted by atomic mass is 32.2. The Morgan fingerprint density at radius 1 is 1.00 bits per heavy atom. The number of nitrogens with zero attached hydrogens (tertiary/aromatic N) is 2. The molecule has 3 amide bonds. The van der Waals surface area contributed by atoms with E-state index in [2.05, 4.69) is 5.32 Å². The molecular formula is C26H27N3O5S. The number of carbonyl (C=O) groups is 2. The number of urea groups is 1. The predicted octanol–water partition coefficient (Wildman–Crippen LogP) is 3.60. The predicted molar refractivity (Wildman–Crippen MR) is 133 cm³/mol. The molecule has 4 rings (SSSR count). The van der Waals surface area contributed by atoms with E-state index < -0.39 is 9.84 Å². The lowest BCUT2D eigenvalue weighted by Gasteiger charge is -2.35. The van der Waals surface area contributed by atoms with Gasteiger partial charge in [-0.05, 0) is 59.2 Å². The summed E-state index contributed by atoms with van der Waals surface area (Å²) in [7, 11) is 0.0195. The van der Waals surface area contributed by atoms with Crippen molar-refractivity contribution in [2.24, 2.45) is 0 Å². The van der Waals surface area contributed by atoms with Gasteiger partial charge in [-0.3, -0.25) is 9.69 Å². The van der Waals surface area contributed by atoms with Gasteiger partial charge in [-0.15, -0.1) is 0 Å². The Labute approximate surface area is 205 Å². The van der Waals surface area contributed by atoms with E-state index in [1.165, 1.54) is 0 Å². The Kier molecular flexibility index (Phi) is 6.79. The second-order valence-electron chi connectivity index (χ2n) is 8.49. The highest BCUT2D eigenvalue weighted by Gasteiger charge is 2.28. The van der Waals surface area contributed by atoms with Crippen LogP contribution in [0, 0.1) is 0 Å². The van der Waals surface area contributed by atoms with Crippen LogP contribution in [0.15, 0.2) is 71.6 Å². The molecule has 0 aliphatic carbocycles. The number of rotatable bonds is 7. The van der Waals surface area contributed by atoms with Crippen molar-refractivity contribution in [2.75, 3.05) is 25.3 Å². The lowest BCUT2D eigenvalue weighted by atomic mass is 10.0. The molecule has 1 aliphatic heterocycles. The minimum absolute atomic E-state index is 0.165. The first-order valence-corrected chi connectivity index (χ1v) is 12.9. The first-order chi connectivity index (χ1) is 16.7. The second-order valence-corrected chi connectivity index (χ2v) is 10.5. The van der Waals surface area contributed by atoms with Crippen LogP contribution in [0.1, 0.15) is 27.0 Å².